The van der Waals surface area contributed by atoms with Crippen molar-refractivity contribution in [2.24, 2.45) is 11.7 Å². The van der Waals surface area contributed by atoms with Crippen molar-refractivity contribution in [3.63, 3.8) is 0 Å². The Hall–Kier alpha value is -0.860. The standard InChI is InChI=1S/C15H24N2/c1-12(15-4-3-9-17(2)11-15)14-7-5-13(10-16)6-8-14/h5-8,12,15H,3-4,9-11,16H2,1-2H3. The van der Waals surface area contributed by atoms with Crippen LogP contribution in [0, 0.1) is 5.92 Å². The van der Waals surface area contributed by atoms with Gasteiger partial charge in [0.25, 0.3) is 0 Å². The van der Waals surface area contributed by atoms with Crippen LogP contribution in [-0.2, 0) is 6.54 Å². The van der Waals surface area contributed by atoms with E-state index >= 15 is 0 Å². The van der Waals surface area contributed by atoms with Crippen LogP contribution < -0.4 is 5.73 Å². The summed E-state index contributed by atoms with van der Waals surface area (Å²) in [6.07, 6.45) is 2.70. The van der Waals surface area contributed by atoms with Gasteiger partial charge in [-0.2, -0.15) is 0 Å². The van der Waals surface area contributed by atoms with Crippen LogP contribution in [0.1, 0.15) is 36.8 Å². The summed E-state index contributed by atoms with van der Waals surface area (Å²) in [4.78, 5) is 2.46. The van der Waals surface area contributed by atoms with E-state index in [1.807, 2.05) is 0 Å². The second-order valence-electron chi connectivity index (χ2n) is 5.40. The van der Waals surface area contributed by atoms with Crippen molar-refractivity contribution in [3.05, 3.63) is 35.4 Å². The minimum Gasteiger partial charge on any atom is -0.326 e. The molecule has 1 saturated heterocycles. The van der Waals surface area contributed by atoms with Crippen molar-refractivity contribution in [3.8, 4) is 0 Å². The van der Waals surface area contributed by atoms with E-state index in [0.717, 1.165) is 5.92 Å². The lowest BCUT2D eigenvalue weighted by Gasteiger charge is -2.33. The van der Waals surface area contributed by atoms with Crippen LogP contribution in [0.2, 0.25) is 0 Å². The third-order valence-corrected chi connectivity index (χ3v) is 4.11. The summed E-state index contributed by atoms with van der Waals surface area (Å²) in [5.74, 6) is 1.46. The lowest BCUT2D eigenvalue weighted by Crippen LogP contribution is -2.34. The number of benzene rings is 1. The fourth-order valence-electron chi connectivity index (χ4n) is 2.84. The number of hydrogen-bond donors (Lipinski definition) is 1. The van der Waals surface area contributed by atoms with E-state index in [4.69, 9.17) is 5.73 Å². The van der Waals surface area contributed by atoms with Crippen LogP contribution in [0.4, 0.5) is 0 Å². The number of nitrogens with two attached hydrogens (primary N) is 1. The Morgan fingerprint density at radius 1 is 1.35 bits per heavy atom. The molecule has 2 rings (SSSR count). The van der Waals surface area contributed by atoms with E-state index in [1.165, 1.54) is 37.1 Å². The SMILES string of the molecule is CC(c1ccc(CN)cc1)C1CCCN(C)C1. The van der Waals surface area contributed by atoms with Crippen molar-refractivity contribution >= 4 is 0 Å². The lowest BCUT2D eigenvalue weighted by molar-refractivity contribution is 0.191. The first kappa shape index (κ1) is 12.6. The first-order valence-electron chi connectivity index (χ1n) is 6.68. The molecule has 1 fully saturated rings. The Labute approximate surface area is 105 Å². The Morgan fingerprint density at radius 3 is 2.65 bits per heavy atom. The summed E-state index contributed by atoms with van der Waals surface area (Å²) in [5, 5.41) is 0. The maximum absolute atomic E-state index is 5.63. The van der Waals surface area contributed by atoms with Gasteiger partial charge in [-0.3, -0.25) is 0 Å². The molecule has 0 radical (unpaired) electrons. The molecule has 0 aromatic heterocycles. The topological polar surface area (TPSA) is 29.3 Å². The van der Waals surface area contributed by atoms with Crippen LogP contribution in [0.25, 0.3) is 0 Å². The second kappa shape index (κ2) is 5.65. The summed E-state index contributed by atoms with van der Waals surface area (Å²) in [6.45, 7) is 5.50. The molecule has 0 bridgehead atoms. The summed E-state index contributed by atoms with van der Waals surface area (Å²) >= 11 is 0. The zero-order chi connectivity index (χ0) is 12.3. The Balaban J connectivity index is 2.04. The highest BCUT2D eigenvalue weighted by atomic mass is 15.1. The molecule has 0 aliphatic carbocycles. The smallest absolute Gasteiger partial charge is 0.0178 e. The maximum Gasteiger partial charge on any atom is 0.0178 e. The first-order chi connectivity index (χ1) is 8.20. The number of likely N-dealkylation sites (tertiary alicyclic amines) is 1. The summed E-state index contributed by atoms with van der Waals surface area (Å²) in [6, 6.07) is 8.83. The quantitative estimate of drug-likeness (QED) is 0.868. The van der Waals surface area contributed by atoms with E-state index < -0.39 is 0 Å². The molecule has 0 spiro atoms. The molecule has 0 amide bonds. The number of nitrogens with zero attached hydrogens (tertiary/aromatic N) is 1. The summed E-state index contributed by atoms with van der Waals surface area (Å²) < 4.78 is 0. The van der Waals surface area contributed by atoms with Gasteiger partial charge < -0.3 is 10.6 Å². The van der Waals surface area contributed by atoms with Crippen molar-refractivity contribution < 1.29 is 0 Å². The minimum absolute atomic E-state index is 0.640. The largest absolute Gasteiger partial charge is 0.326 e. The predicted octanol–water partition coefficient (Wildman–Crippen LogP) is 2.59. The molecule has 2 unspecified atom stereocenters. The second-order valence-corrected chi connectivity index (χ2v) is 5.40. The van der Waals surface area contributed by atoms with Gasteiger partial charge in [-0.25, -0.2) is 0 Å². The zero-order valence-electron chi connectivity index (χ0n) is 11.0. The molecule has 1 aliphatic heterocycles. The van der Waals surface area contributed by atoms with E-state index in [9.17, 15) is 0 Å². The van der Waals surface area contributed by atoms with Crippen molar-refractivity contribution in [2.45, 2.75) is 32.2 Å². The third kappa shape index (κ3) is 3.08. The maximum atomic E-state index is 5.63. The molecule has 2 heteroatoms. The van der Waals surface area contributed by atoms with Gasteiger partial charge in [-0.15, -0.1) is 0 Å². The average Bonchev–Trinajstić information content (AvgIpc) is 2.38. The van der Waals surface area contributed by atoms with Crippen LogP contribution >= 0.6 is 0 Å². The van der Waals surface area contributed by atoms with Gasteiger partial charge in [0.2, 0.25) is 0 Å². The number of hydrogen-bond acceptors (Lipinski definition) is 2. The minimum atomic E-state index is 0.640. The van der Waals surface area contributed by atoms with E-state index in [1.54, 1.807) is 0 Å². The van der Waals surface area contributed by atoms with E-state index in [-0.39, 0.29) is 0 Å². The van der Waals surface area contributed by atoms with Gasteiger partial charge in [0, 0.05) is 13.1 Å². The number of piperidine rings is 1. The highest BCUT2D eigenvalue weighted by molar-refractivity contribution is 5.25. The molecule has 2 atom stereocenters. The molecule has 1 aromatic carbocycles. The van der Waals surface area contributed by atoms with Gasteiger partial charge in [0.05, 0.1) is 0 Å². The fourth-order valence-corrected chi connectivity index (χ4v) is 2.84. The highest BCUT2D eigenvalue weighted by Gasteiger charge is 2.23. The summed E-state index contributed by atoms with van der Waals surface area (Å²) in [7, 11) is 2.23. The van der Waals surface area contributed by atoms with Gasteiger partial charge in [-0.05, 0) is 49.4 Å². The van der Waals surface area contributed by atoms with Gasteiger partial charge in [0.15, 0.2) is 0 Å². The van der Waals surface area contributed by atoms with Gasteiger partial charge >= 0.3 is 0 Å². The molecule has 0 saturated carbocycles. The van der Waals surface area contributed by atoms with Crippen molar-refractivity contribution in [1.82, 2.24) is 4.90 Å². The molecule has 1 heterocycles. The van der Waals surface area contributed by atoms with E-state index in [2.05, 4.69) is 43.1 Å². The Kier molecular flexibility index (Phi) is 4.19. The summed E-state index contributed by atoms with van der Waals surface area (Å²) in [5.41, 5.74) is 8.31. The van der Waals surface area contributed by atoms with Crippen molar-refractivity contribution in [1.29, 1.82) is 0 Å². The Bertz CT molecular complexity index is 344. The van der Waals surface area contributed by atoms with Crippen LogP contribution in [-0.4, -0.2) is 25.0 Å². The third-order valence-electron chi connectivity index (χ3n) is 4.11. The highest BCUT2D eigenvalue weighted by Crippen LogP contribution is 2.30. The average molecular weight is 232 g/mol. The fraction of sp³-hybridized carbons (Fsp3) is 0.600. The van der Waals surface area contributed by atoms with Gasteiger partial charge in [0.1, 0.15) is 0 Å². The molecule has 2 N–H and O–H groups in total. The normalized spacial score (nSPS) is 23.6. The molecule has 2 nitrogen and oxygen atoms in total. The number of rotatable bonds is 3. The molecular weight excluding hydrogens is 208 g/mol. The first-order valence-corrected chi connectivity index (χ1v) is 6.68. The van der Waals surface area contributed by atoms with Gasteiger partial charge in [-0.1, -0.05) is 31.2 Å². The monoisotopic (exact) mass is 232 g/mol. The zero-order valence-corrected chi connectivity index (χ0v) is 11.0. The van der Waals surface area contributed by atoms with Crippen LogP contribution in [0.15, 0.2) is 24.3 Å². The molecular formula is C15H24N2. The van der Waals surface area contributed by atoms with Crippen LogP contribution in [0.5, 0.6) is 0 Å². The lowest BCUT2D eigenvalue weighted by atomic mass is 9.82. The van der Waals surface area contributed by atoms with Crippen LogP contribution in [0.3, 0.4) is 0 Å². The molecule has 17 heavy (non-hydrogen) atoms. The molecule has 94 valence electrons. The van der Waals surface area contributed by atoms with E-state index in [0.29, 0.717) is 12.5 Å². The Morgan fingerprint density at radius 2 is 2.06 bits per heavy atom. The molecule has 1 aliphatic rings. The van der Waals surface area contributed by atoms with Crippen molar-refractivity contribution in [2.75, 3.05) is 20.1 Å². The predicted molar refractivity (Wildman–Crippen MR) is 73.0 cm³/mol. The molecule has 1 aromatic rings.